The van der Waals surface area contributed by atoms with Gasteiger partial charge in [-0.25, -0.2) is 14.4 Å². The molecule has 1 amide bonds. The number of ether oxygens (including phenoxy) is 1. The third kappa shape index (κ3) is 4.35. The lowest BCUT2D eigenvalue weighted by Crippen LogP contribution is -2.60. The molecule has 0 unspecified atom stereocenters. The highest BCUT2D eigenvalue weighted by atomic mass is 19.1. The number of nitrogens with one attached hydrogen (secondary N) is 1. The molecule has 8 heteroatoms. The van der Waals surface area contributed by atoms with E-state index < -0.39 is 5.82 Å². The Morgan fingerprint density at radius 1 is 1.29 bits per heavy atom. The van der Waals surface area contributed by atoms with Crippen molar-refractivity contribution in [1.82, 2.24) is 20.2 Å². The Hall–Kier alpha value is -2.74. The molecule has 2 aromatic rings. The van der Waals surface area contributed by atoms with Crippen LogP contribution < -0.4 is 15.0 Å². The molecular formula is C23H30FN5O2. The summed E-state index contributed by atoms with van der Waals surface area (Å²) in [5.41, 5.74) is 0.535. The molecule has 1 aromatic heterocycles. The van der Waals surface area contributed by atoms with Crippen LogP contribution in [-0.2, 0) is 0 Å². The minimum absolute atomic E-state index is 0.00787. The summed E-state index contributed by atoms with van der Waals surface area (Å²) in [7, 11) is 0. The van der Waals surface area contributed by atoms with Gasteiger partial charge in [-0.15, -0.1) is 0 Å². The molecular weight excluding hydrogens is 397 g/mol. The largest absolute Gasteiger partial charge is 0.451 e. The van der Waals surface area contributed by atoms with Gasteiger partial charge in [0.1, 0.15) is 17.9 Å². The van der Waals surface area contributed by atoms with E-state index in [9.17, 15) is 9.18 Å². The van der Waals surface area contributed by atoms with Crippen molar-refractivity contribution in [3.8, 4) is 11.5 Å². The van der Waals surface area contributed by atoms with Gasteiger partial charge in [-0.2, -0.15) is 0 Å². The van der Waals surface area contributed by atoms with Crippen LogP contribution in [0.25, 0.3) is 0 Å². The molecule has 7 nitrogen and oxygen atoms in total. The van der Waals surface area contributed by atoms with Crippen molar-refractivity contribution in [3.63, 3.8) is 0 Å². The topological polar surface area (TPSA) is 70.6 Å². The Morgan fingerprint density at radius 3 is 2.71 bits per heavy atom. The van der Waals surface area contributed by atoms with Gasteiger partial charge in [0.15, 0.2) is 11.6 Å². The van der Waals surface area contributed by atoms with Crippen LogP contribution in [0.3, 0.4) is 0 Å². The van der Waals surface area contributed by atoms with Crippen LogP contribution >= 0.6 is 0 Å². The molecule has 0 radical (unpaired) electrons. The average molecular weight is 428 g/mol. The van der Waals surface area contributed by atoms with Gasteiger partial charge in [0.05, 0.1) is 11.8 Å². The number of rotatable bonds is 6. The number of amides is 1. The molecule has 2 saturated heterocycles. The van der Waals surface area contributed by atoms with Gasteiger partial charge in [0, 0.05) is 31.1 Å². The van der Waals surface area contributed by atoms with Crippen molar-refractivity contribution in [1.29, 1.82) is 0 Å². The summed E-state index contributed by atoms with van der Waals surface area (Å²) >= 11 is 0. The van der Waals surface area contributed by atoms with Gasteiger partial charge >= 0.3 is 0 Å². The lowest BCUT2D eigenvalue weighted by Gasteiger charge is -2.53. The van der Waals surface area contributed by atoms with E-state index in [0.717, 1.165) is 39.0 Å². The minimum Gasteiger partial charge on any atom is -0.451 e. The van der Waals surface area contributed by atoms with E-state index in [1.165, 1.54) is 24.5 Å². The standard InChI is InChI=1S/C23H30FN5O2/c1-4-29(16(2)3)22(30)18-11-17(24)5-6-19(18)31-20-12-26-15-27-21(20)28-13-23(14-28)7-9-25-10-8-23/h5-6,11-12,15-16,25H,4,7-10,13-14H2,1-3H3. The number of piperidine rings is 1. The van der Waals surface area contributed by atoms with Crippen LogP contribution in [0.4, 0.5) is 10.2 Å². The molecule has 4 rings (SSSR count). The minimum atomic E-state index is -0.476. The fourth-order valence-corrected chi connectivity index (χ4v) is 4.58. The SMILES string of the molecule is CCN(C(=O)c1cc(F)ccc1Oc1cncnc1N1CC2(CCNCC2)C1)C(C)C. The summed E-state index contributed by atoms with van der Waals surface area (Å²) < 4.78 is 20.2. The van der Waals surface area contributed by atoms with Crippen LogP contribution in [0.1, 0.15) is 44.0 Å². The quantitative estimate of drug-likeness (QED) is 0.761. The summed E-state index contributed by atoms with van der Waals surface area (Å²) in [6.45, 7) is 10.2. The molecule has 1 N–H and O–H groups in total. The van der Waals surface area contributed by atoms with E-state index in [1.54, 1.807) is 11.1 Å². The zero-order valence-electron chi connectivity index (χ0n) is 18.4. The maximum Gasteiger partial charge on any atom is 0.257 e. The molecule has 0 bridgehead atoms. The van der Waals surface area contributed by atoms with E-state index in [-0.39, 0.29) is 17.5 Å². The second-order valence-corrected chi connectivity index (χ2v) is 8.74. The number of aromatic nitrogens is 2. The predicted octanol–water partition coefficient (Wildman–Crippen LogP) is 3.47. The number of halogens is 1. The molecule has 0 saturated carbocycles. The Balaban J connectivity index is 1.59. The van der Waals surface area contributed by atoms with Gasteiger partial charge in [0.2, 0.25) is 0 Å². The fraction of sp³-hybridized carbons (Fsp3) is 0.522. The van der Waals surface area contributed by atoms with Crippen LogP contribution in [-0.4, -0.2) is 59.5 Å². The number of carbonyl (C=O) groups is 1. The zero-order chi connectivity index (χ0) is 22.0. The first-order chi connectivity index (χ1) is 14.9. The molecule has 0 aliphatic carbocycles. The van der Waals surface area contributed by atoms with E-state index in [4.69, 9.17) is 4.74 Å². The number of anilines is 1. The number of carbonyl (C=O) groups excluding carboxylic acids is 1. The summed E-state index contributed by atoms with van der Waals surface area (Å²) in [5, 5.41) is 3.41. The molecule has 3 heterocycles. The van der Waals surface area contributed by atoms with Crippen molar-refractivity contribution < 1.29 is 13.9 Å². The van der Waals surface area contributed by atoms with E-state index in [2.05, 4.69) is 20.2 Å². The Morgan fingerprint density at radius 2 is 2.03 bits per heavy atom. The number of nitrogens with zero attached hydrogens (tertiary/aromatic N) is 4. The van der Waals surface area contributed by atoms with Gasteiger partial charge in [-0.1, -0.05) is 0 Å². The number of hydrogen-bond donors (Lipinski definition) is 1. The smallest absolute Gasteiger partial charge is 0.257 e. The zero-order valence-corrected chi connectivity index (χ0v) is 18.4. The van der Waals surface area contributed by atoms with Gasteiger partial charge in [0.25, 0.3) is 5.91 Å². The van der Waals surface area contributed by atoms with Crippen LogP contribution in [0.2, 0.25) is 0 Å². The first-order valence-corrected chi connectivity index (χ1v) is 11.0. The lowest BCUT2D eigenvalue weighted by atomic mass is 9.72. The van der Waals surface area contributed by atoms with Crippen LogP contribution in [0.15, 0.2) is 30.7 Å². The van der Waals surface area contributed by atoms with Crippen LogP contribution in [0.5, 0.6) is 11.5 Å². The molecule has 1 aromatic carbocycles. The Labute approximate surface area is 182 Å². The number of hydrogen-bond acceptors (Lipinski definition) is 6. The third-order valence-electron chi connectivity index (χ3n) is 6.29. The molecule has 2 fully saturated rings. The van der Waals surface area contributed by atoms with Crippen molar-refractivity contribution >= 4 is 11.7 Å². The summed E-state index contributed by atoms with van der Waals surface area (Å²) in [5.74, 6) is 0.745. The predicted molar refractivity (Wildman–Crippen MR) is 117 cm³/mol. The Bertz CT molecular complexity index is 937. The molecule has 2 aliphatic heterocycles. The maximum absolute atomic E-state index is 14.0. The first kappa shape index (κ1) is 21.5. The summed E-state index contributed by atoms with van der Waals surface area (Å²) in [6.07, 6.45) is 5.42. The van der Waals surface area contributed by atoms with E-state index in [1.807, 2.05) is 20.8 Å². The lowest BCUT2D eigenvalue weighted by molar-refractivity contribution is 0.0713. The highest BCUT2D eigenvalue weighted by Gasteiger charge is 2.44. The Kier molecular flexibility index (Phi) is 6.09. The molecule has 31 heavy (non-hydrogen) atoms. The van der Waals surface area contributed by atoms with Crippen LogP contribution in [0, 0.1) is 11.2 Å². The molecule has 2 aliphatic rings. The summed E-state index contributed by atoms with van der Waals surface area (Å²) in [4.78, 5) is 25.5. The molecule has 1 spiro atoms. The highest BCUT2D eigenvalue weighted by Crippen LogP contribution is 2.43. The van der Waals surface area contributed by atoms with Crippen molar-refractivity contribution in [3.05, 3.63) is 42.1 Å². The second kappa shape index (κ2) is 8.78. The van der Waals surface area contributed by atoms with Crippen molar-refractivity contribution in [2.75, 3.05) is 37.6 Å². The normalized spacial score (nSPS) is 17.5. The third-order valence-corrected chi connectivity index (χ3v) is 6.29. The van der Waals surface area contributed by atoms with Gasteiger partial charge in [-0.05, 0) is 64.9 Å². The van der Waals surface area contributed by atoms with Crippen molar-refractivity contribution in [2.45, 2.75) is 39.7 Å². The van der Waals surface area contributed by atoms with Gasteiger partial charge in [-0.3, -0.25) is 4.79 Å². The molecule has 0 atom stereocenters. The second-order valence-electron chi connectivity index (χ2n) is 8.74. The number of benzene rings is 1. The summed E-state index contributed by atoms with van der Waals surface area (Å²) in [6, 6.07) is 4.03. The molecule has 166 valence electrons. The highest BCUT2D eigenvalue weighted by molar-refractivity contribution is 5.97. The van der Waals surface area contributed by atoms with Crippen molar-refractivity contribution in [2.24, 2.45) is 5.41 Å². The fourth-order valence-electron chi connectivity index (χ4n) is 4.58. The monoisotopic (exact) mass is 427 g/mol. The van der Waals surface area contributed by atoms with E-state index in [0.29, 0.717) is 29.3 Å². The maximum atomic E-state index is 14.0. The van der Waals surface area contributed by atoms with E-state index >= 15 is 0 Å². The van der Waals surface area contributed by atoms with Gasteiger partial charge < -0.3 is 19.9 Å². The first-order valence-electron chi connectivity index (χ1n) is 11.0. The average Bonchev–Trinajstić information content (AvgIpc) is 2.74.